The van der Waals surface area contributed by atoms with Crippen molar-refractivity contribution in [3.8, 4) is 0 Å². The molecule has 1 fully saturated rings. The highest BCUT2D eigenvalue weighted by molar-refractivity contribution is 7.54. The molecular formula is C12H22NO4P. The molecule has 0 aromatic carbocycles. The third-order valence-electron chi connectivity index (χ3n) is 3.70. The van der Waals surface area contributed by atoms with E-state index in [2.05, 4.69) is 12.1 Å². The second-order valence-corrected chi connectivity index (χ2v) is 6.96. The molecule has 0 amide bonds. The van der Waals surface area contributed by atoms with Crippen LogP contribution >= 0.6 is 7.60 Å². The standard InChI is InChI=1S/C12H22NO4P/c1-4-10-11(7-9-8-15-13-12(9)10)18(14,16-5-2)17-6-3/h9-11H,4-8H2,1-3H3/t9-,10?,11-/m1/s1. The lowest BCUT2D eigenvalue weighted by atomic mass is 10.0. The van der Waals surface area contributed by atoms with E-state index >= 15 is 0 Å². The van der Waals surface area contributed by atoms with Crippen molar-refractivity contribution in [1.82, 2.24) is 0 Å². The molecule has 6 heteroatoms. The zero-order valence-electron chi connectivity index (χ0n) is 11.3. The van der Waals surface area contributed by atoms with Crippen LogP contribution in [-0.4, -0.2) is 31.2 Å². The van der Waals surface area contributed by atoms with Crippen LogP contribution in [0.2, 0.25) is 0 Å². The van der Waals surface area contributed by atoms with Crippen LogP contribution in [0, 0.1) is 11.8 Å². The summed E-state index contributed by atoms with van der Waals surface area (Å²) < 4.78 is 23.9. The predicted octanol–water partition coefficient (Wildman–Crippen LogP) is 3.05. The summed E-state index contributed by atoms with van der Waals surface area (Å²) >= 11 is 0. The summed E-state index contributed by atoms with van der Waals surface area (Å²) in [6, 6.07) is 0. The van der Waals surface area contributed by atoms with Gasteiger partial charge in [0.1, 0.15) is 6.61 Å². The van der Waals surface area contributed by atoms with Crippen molar-refractivity contribution in [2.45, 2.75) is 39.3 Å². The fourth-order valence-electron chi connectivity index (χ4n) is 2.99. The second-order valence-electron chi connectivity index (χ2n) is 4.70. The number of oxime groups is 1. The first-order valence-corrected chi connectivity index (χ1v) is 8.35. The zero-order chi connectivity index (χ0) is 13.2. The normalized spacial score (nSPS) is 31.1. The highest BCUT2D eigenvalue weighted by Crippen LogP contribution is 2.61. The first-order valence-electron chi connectivity index (χ1n) is 6.74. The van der Waals surface area contributed by atoms with Gasteiger partial charge in [-0.1, -0.05) is 12.1 Å². The molecule has 0 spiro atoms. The van der Waals surface area contributed by atoms with Crippen molar-refractivity contribution in [1.29, 1.82) is 0 Å². The summed E-state index contributed by atoms with van der Waals surface area (Å²) in [5.74, 6) is 0.468. The van der Waals surface area contributed by atoms with Crippen LogP contribution in [0.3, 0.4) is 0 Å². The highest BCUT2D eigenvalue weighted by atomic mass is 31.2. The van der Waals surface area contributed by atoms with E-state index in [0.29, 0.717) is 25.7 Å². The van der Waals surface area contributed by atoms with Crippen LogP contribution < -0.4 is 0 Å². The van der Waals surface area contributed by atoms with E-state index in [1.807, 2.05) is 13.8 Å². The van der Waals surface area contributed by atoms with Gasteiger partial charge in [0.05, 0.1) is 24.6 Å². The van der Waals surface area contributed by atoms with Crippen molar-refractivity contribution in [3.63, 3.8) is 0 Å². The molecular weight excluding hydrogens is 253 g/mol. The lowest BCUT2D eigenvalue weighted by molar-refractivity contribution is 0.148. The summed E-state index contributed by atoms with van der Waals surface area (Å²) in [5.41, 5.74) is 0.997. The van der Waals surface area contributed by atoms with Gasteiger partial charge in [0.2, 0.25) is 0 Å². The maximum absolute atomic E-state index is 12.9. The number of rotatable bonds is 6. The van der Waals surface area contributed by atoms with E-state index in [1.165, 1.54) is 0 Å². The van der Waals surface area contributed by atoms with Gasteiger partial charge in [-0.2, -0.15) is 0 Å². The molecule has 0 N–H and O–H groups in total. The van der Waals surface area contributed by atoms with Gasteiger partial charge in [0.15, 0.2) is 0 Å². The number of fused-ring (bicyclic) bond motifs is 1. The molecule has 1 heterocycles. The molecule has 1 aliphatic carbocycles. The molecule has 0 bridgehead atoms. The molecule has 3 atom stereocenters. The third kappa shape index (κ3) is 2.36. The first kappa shape index (κ1) is 14.0. The molecule has 104 valence electrons. The van der Waals surface area contributed by atoms with E-state index in [-0.39, 0.29) is 11.6 Å². The van der Waals surface area contributed by atoms with Gasteiger partial charge in [-0.05, 0) is 26.7 Å². The molecule has 2 aliphatic rings. The van der Waals surface area contributed by atoms with E-state index in [9.17, 15) is 4.57 Å². The van der Waals surface area contributed by atoms with Crippen LogP contribution in [0.25, 0.3) is 0 Å². The topological polar surface area (TPSA) is 57.1 Å². The monoisotopic (exact) mass is 275 g/mol. The second kappa shape index (κ2) is 5.72. The Morgan fingerprint density at radius 3 is 2.56 bits per heavy atom. The van der Waals surface area contributed by atoms with E-state index in [0.717, 1.165) is 18.6 Å². The minimum Gasteiger partial charge on any atom is -0.395 e. The molecule has 0 aromatic heterocycles. The number of hydrogen-bond donors (Lipinski definition) is 0. The molecule has 0 radical (unpaired) electrons. The van der Waals surface area contributed by atoms with Crippen LogP contribution in [0.4, 0.5) is 0 Å². The molecule has 1 saturated carbocycles. The summed E-state index contributed by atoms with van der Waals surface area (Å²) in [5, 5.41) is 4.12. The van der Waals surface area contributed by atoms with Crippen LogP contribution in [0.5, 0.6) is 0 Å². The zero-order valence-corrected chi connectivity index (χ0v) is 12.2. The fraction of sp³-hybridized carbons (Fsp3) is 0.917. The molecule has 5 nitrogen and oxygen atoms in total. The average Bonchev–Trinajstić information content (AvgIpc) is 2.88. The van der Waals surface area contributed by atoms with Crippen LogP contribution in [0.1, 0.15) is 33.6 Å². The van der Waals surface area contributed by atoms with Gasteiger partial charge in [-0.15, -0.1) is 0 Å². The Bertz CT molecular complexity index is 361. The molecule has 1 aliphatic heterocycles. The Morgan fingerprint density at radius 1 is 1.33 bits per heavy atom. The molecule has 0 saturated heterocycles. The van der Waals surface area contributed by atoms with Gasteiger partial charge >= 0.3 is 7.60 Å². The Labute approximate surface area is 108 Å². The van der Waals surface area contributed by atoms with Gasteiger partial charge in [0, 0.05) is 11.8 Å². The lowest BCUT2D eigenvalue weighted by Crippen LogP contribution is -2.21. The van der Waals surface area contributed by atoms with Gasteiger partial charge in [-0.3, -0.25) is 4.57 Å². The maximum Gasteiger partial charge on any atom is 0.334 e. The smallest absolute Gasteiger partial charge is 0.334 e. The van der Waals surface area contributed by atoms with E-state index in [1.54, 1.807) is 0 Å². The van der Waals surface area contributed by atoms with Crippen molar-refractivity contribution >= 4 is 13.3 Å². The van der Waals surface area contributed by atoms with Gasteiger partial charge < -0.3 is 13.9 Å². The van der Waals surface area contributed by atoms with Crippen molar-refractivity contribution in [2.24, 2.45) is 17.0 Å². The molecule has 18 heavy (non-hydrogen) atoms. The van der Waals surface area contributed by atoms with Crippen molar-refractivity contribution in [3.05, 3.63) is 0 Å². The van der Waals surface area contributed by atoms with Gasteiger partial charge in [-0.25, -0.2) is 0 Å². The average molecular weight is 275 g/mol. The molecule has 2 rings (SSSR count). The summed E-state index contributed by atoms with van der Waals surface area (Å²) in [6.45, 7) is 7.23. The Balaban J connectivity index is 2.22. The summed E-state index contributed by atoms with van der Waals surface area (Å²) in [7, 11) is -3.03. The van der Waals surface area contributed by atoms with Crippen molar-refractivity contribution < 1.29 is 18.5 Å². The SMILES string of the molecule is CCOP(=O)(OCC)[C@@H]1C[C@@H]2CON=C2C1CC. The largest absolute Gasteiger partial charge is 0.395 e. The van der Waals surface area contributed by atoms with E-state index in [4.69, 9.17) is 13.9 Å². The minimum absolute atomic E-state index is 0.0601. The Hall–Kier alpha value is -0.380. The lowest BCUT2D eigenvalue weighted by Gasteiger charge is -2.27. The Kier molecular flexibility index (Phi) is 4.46. The Morgan fingerprint density at radius 2 is 2.00 bits per heavy atom. The highest BCUT2D eigenvalue weighted by Gasteiger charge is 2.52. The first-order chi connectivity index (χ1) is 8.66. The van der Waals surface area contributed by atoms with E-state index < -0.39 is 7.60 Å². The van der Waals surface area contributed by atoms with Crippen LogP contribution in [-0.2, 0) is 18.5 Å². The summed E-state index contributed by atoms with van der Waals surface area (Å²) in [6.07, 6.45) is 1.70. The van der Waals surface area contributed by atoms with Crippen LogP contribution in [0.15, 0.2) is 5.16 Å². The molecule has 1 unspecified atom stereocenters. The predicted molar refractivity (Wildman–Crippen MR) is 69.9 cm³/mol. The fourth-order valence-corrected chi connectivity index (χ4v) is 5.49. The summed E-state index contributed by atoms with van der Waals surface area (Å²) in [4.78, 5) is 5.14. The van der Waals surface area contributed by atoms with Gasteiger partial charge in [0.25, 0.3) is 0 Å². The quantitative estimate of drug-likeness (QED) is 0.699. The number of nitrogens with zero attached hydrogens (tertiary/aromatic N) is 1. The minimum atomic E-state index is -3.03. The van der Waals surface area contributed by atoms with Crippen molar-refractivity contribution in [2.75, 3.05) is 19.8 Å². The third-order valence-corrected chi connectivity index (χ3v) is 6.32. The number of hydrogen-bond acceptors (Lipinski definition) is 5. The maximum atomic E-state index is 12.9. The molecule has 0 aromatic rings.